The summed E-state index contributed by atoms with van der Waals surface area (Å²) in [5.74, 6) is -0.0157. The maximum absolute atomic E-state index is 12.6. The lowest BCUT2D eigenvalue weighted by molar-refractivity contribution is 0.168. The molecule has 0 spiro atoms. The number of carbonyl (C=O) groups is 1. The molecule has 0 unspecified atom stereocenters. The topological polar surface area (TPSA) is 119 Å². The van der Waals surface area contributed by atoms with E-state index in [0.717, 1.165) is 12.8 Å². The van der Waals surface area contributed by atoms with Gasteiger partial charge in [0.05, 0.1) is 11.5 Å². The molecule has 0 aliphatic carbocycles. The summed E-state index contributed by atoms with van der Waals surface area (Å²) < 4.78 is 61.5. The highest BCUT2D eigenvalue weighted by Crippen LogP contribution is 2.25. The first-order chi connectivity index (χ1) is 14.2. The van der Waals surface area contributed by atoms with Crippen LogP contribution in [0.5, 0.6) is 5.75 Å². The summed E-state index contributed by atoms with van der Waals surface area (Å²) in [6.07, 6.45) is 0.945. The Hall–Kier alpha value is -2.63. The van der Waals surface area contributed by atoms with Crippen molar-refractivity contribution < 1.29 is 30.6 Å². The summed E-state index contributed by atoms with van der Waals surface area (Å²) in [7, 11) is -7.84. The lowest BCUT2D eigenvalue weighted by atomic mass is 10.3. The fraction of sp³-hybridized carbons (Fsp3) is 0.316. The van der Waals surface area contributed by atoms with E-state index in [9.17, 15) is 21.6 Å². The van der Waals surface area contributed by atoms with E-state index in [1.165, 1.54) is 46.8 Å². The Kier molecular flexibility index (Phi) is 6.64. The van der Waals surface area contributed by atoms with Crippen LogP contribution in [0.3, 0.4) is 0 Å². The zero-order chi connectivity index (χ0) is 21.8. The Balaban J connectivity index is 1.75. The molecule has 2 aromatic rings. The minimum atomic E-state index is -4.20. The molecule has 2 aromatic carbocycles. The van der Waals surface area contributed by atoms with Crippen molar-refractivity contribution in [2.24, 2.45) is 0 Å². The average molecular weight is 455 g/mol. The summed E-state index contributed by atoms with van der Waals surface area (Å²) in [4.78, 5) is 11.3. The highest BCUT2D eigenvalue weighted by Gasteiger charge is 2.27. The predicted molar refractivity (Wildman–Crippen MR) is 109 cm³/mol. The van der Waals surface area contributed by atoms with Crippen molar-refractivity contribution in [3.63, 3.8) is 0 Å². The zero-order valence-electron chi connectivity index (χ0n) is 16.3. The van der Waals surface area contributed by atoms with E-state index in [4.69, 9.17) is 8.92 Å². The lowest BCUT2D eigenvalue weighted by Gasteiger charge is -2.15. The van der Waals surface area contributed by atoms with Crippen LogP contribution in [-0.4, -0.2) is 46.9 Å². The summed E-state index contributed by atoms with van der Waals surface area (Å²) in [5.41, 5.74) is 0.299. The van der Waals surface area contributed by atoms with Crippen LogP contribution in [0.4, 0.5) is 10.5 Å². The largest absolute Gasteiger partial charge is 0.450 e. The SMILES string of the molecule is CCOC(=O)Nc1cccc(OS(=O)(=O)c2ccc(S(=O)(=O)N3CCCC3)cc2)c1. The number of ether oxygens (including phenoxy) is 1. The van der Waals surface area contributed by atoms with Crippen molar-refractivity contribution in [2.75, 3.05) is 25.0 Å². The van der Waals surface area contributed by atoms with Gasteiger partial charge >= 0.3 is 16.2 Å². The molecular formula is C19H22N2O7S2. The lowest BCUT2D eigenvalue weighted by Crippen LogP contribution is -2.27. The quantitative estimate of drug-likeness (QED) is 0.639. The minimum Gasteiger partial charge on any atom is -0.450 e. The zero-order valence-corrected chi connectivity index (χ0v) is 17.9. The Morgan fingerprint density at radius 3 is 2.27 bits per heavy atom. The predicted octanol–water partition coefficient (Wildman–Crippen LogP) is 2.81. The second-order valence-corrected chi connectivity index (χ2v) is 9.98. The molecule has 1 N–H and O–H groups in total. The first kappa shape index (κ1) is 22.1. The van der Waals surface area contributed by atoms with Gasteiger partial charge in [0.1, 0.15) is 10.6 Å². The molecule has 1 amide bonds. The molecule has 0 saturated carbocycles. The number of nitrogens with zero attached hydrogens (tertiary/aromatic N) is 1. The first-order valence-corrected chi connectivity index (χ1v) is 12.2. The van der Waals surface area contributed by atoms with Crippen LogP contribution in [0.25, 0.3) is 0 Å². The highest BCUT2D eigenvalue weighted by molar-refractivity contribution is 7.89. The molecule has 3 rings (SSSR count). The van der Waals surface area contributed by atoms with Gasteiger partial charge in [-0.2, -0.15) is 12.7 Å². The van der Waals surface area contributed by atoms with Gasteiger partial charge in [-0.05, 0) is 56.2 Å². The molecule has 0 bridgehead atoms. The molecule has 0 aromatic heterocycles. The fourth-order valence-corrected chi connectivity index (χ4v) is 5.38. The van der Waals surface area contributed by atoms with Gasteiger partial charge in [0.15, 0.2) is 0 Å². The van der Waals surface area contributed by atoms with Gasteiger partial charge in [0.25, 0.3) is 0 Å². The van der Waals surface area contributed by atoms with E-state index in [1.807, 2.05) is 0 Å². The Labute approximate surface area is 175 Å². The van der Waals surface area contributed by atoms with Crippen LogP contribution < -0.4 is 9.50 Å². The van der Waals surface area contributed by atoms with Crippen LogP contribution in [-0.2, 0) is 24.9 Å². The normalized spacial score (nSPS) is 15.0. The second-order valence-electron chi connectivity index (χ2n) is 6.49. The van der Waals surface area contributed by atoms with Gasteiger partial charge in [-0.25, -0.2) is 13.2 Å². The molecule has 1 heterocycles. The van der Waals surface area contributed by atoms with Gasteiger partial charge < -0.3 is 8.92 Å². The number of benzene rings is 2. The second kappa shape index (κ2) is 9.02. The number of hydrogen-bond donors (Lipinski definition) is 1. The molecule has 1 aliphatic heterocycles. The van der Waals surface area contributed by atoms with Gasteiger partial charge in [-0.15, -0.1) is 0 Å². The van der Waals surface area contributed by atoms with E-state index < -0.39 is 26.2 Å². The summed E-state index contributed by atoms with van der Waals surface area (Å²) >= 11 is 0. The minimum absolute atomic E-state index is 0.0157. The third kappa shape index (κ3) is 5.10. The van der Waals surface area contributed by atoms with Crippen LogP contribution in [0.1, 0.15) is 19.8 Å². The third-order valence-corrected chi connectivity index (χ3v) is 7.55. The Morgan fingerprint density at radius 1 is 1.00 bits per heavy atom. The molecule has 30 heavy (non-hydrogen) atoms. The molecule has 0 radical (unpaired) electrons. The van der Waals surface area contributed by atoms with E-state index in [1.54, 1.807) is 13.0 Å². The fourth-order valence-electron chi connectivity index (χ4n) is 2.94. The monoisotopic (exact) mass is 454 g/mol. The Bertz CT molecular complexity index is 1110. The van der Waals surface area contributed by atoms with E-state index >= 15 is 0 Å². The number of rotatable bonds is 7. The molecule has 0 atom stereocenters. The van der Waals surface area contributed by atoms with E-state index in [-0.39, 0.29) is 22.1 Å². The van der Waals surface area contributed by atoms with Gasteiger partial charge in [0, 0.05) is 24.8 Å². The van der Waals surface area contributed by atoms with Crippen molar-refractivity contribution >= 4 is 31.9 Å². The molecule has 1 saturated heterocycles. The molecule has 162 valence electrons. The number of nitrogens with one attached hydrogen (secondary N) is 1. The maximum Gasteiger partial charge on any atom is 0.411 e. The van der Waals surface area contributed by atoms with E-state index in [2.05, 4.69) is 5.32 Å². The standard InChI is InChI=1S/C19H22N2O7S2/c1-2-27-19(22)20-15-6-5-7-16(14-15)28-30(25,26)18-10-8-17(9-11-18)29(23,24)21-12-3-4-13-21/h5-11,14H,2-4,12-13H2,1H3,(H,20,22). The summed E-state index contributed by atoms with van der Waals surface area (Å²) in [6, 6.07) is 10.7. The van der Waals surface area contributed by atoms with Crippen LogP contribution in [0.2, 0.25) is 0 Å². The van der Waals surface area contributed by atoms with Crippen molar-refractivity contribution in [1.82, 2.24) is 4.31 Å². The number of hydrogen-bond acceptors (Lipinski definition) is 7. The van der Waals surface area contributed by atoms with Crippen molar-refractivity contribution in [2.45, 2.75) is 29.6 Å². The average Bonchev–Trinajstić information content (AvgIpc) is 3.24. The molecule has 9 nitrogen and oxygen atoms in total. The highest BCUT2D eigenvalue weighted by atomic mass is 32.2. The van der Waals surface area contributed by atoms with Gasteiger partial charge in [0.2, 0.25) is 10.0 Å². The first-order valence-electron chi connectivity index (χ1n) is 9.31. The van der Waals surface area contributed by atoms with Crippen molar-refractivity contribution in [3.8, 4) is 5.75 Å². The van der Waals surface area contributed by atoms with Crippen molar-refractivity contribution in [1.29, 1.82) is 0 Å². The number of sulfonamides is 1. The summed E-state index contributed by atoms with van der Waals surface area (Å²) in [6.45, 7) is 2.77. The smallest absolute Gasteiger partial charge is 0.411 e. The van der Waals surface area contributed by atoms with Gasteiger partial charge in [-0.1, -0.05) is 6.07 Å². The van der Waals surface area contributed by atoms with Crippen LogP contribution in [0.15, 0.2) is 58.3 Å². The van der Waals surface area contributed by atoms with Crippen molar-refractivity contribution in [3.05, 3.63) is 48.5 Å². The summed E-state index contributed by atoms with van der Waals surface area (Å²) in [5, 5.41) is 2.45. The van der Waals surface area contributed by atoms with E-state index in [0.29, 0.717) is 18.8 Å². The number of carbonyl (C=O) groups excluding carboxylic acids is 1. The van der Waals surface area contributed by atoms with Crippen LogP contribution in [0, 0.1) is 0 Å². The van der Waals surface area contributed by atoms with Crippen LogP contribution >= 0.6 is 0 Å². The molecule has 1 aliphatic rings. The Morgan fingerprint density at radius 2 is 1.63 bits per heavy atom. The molecular weight excluding hydrogens is 432 g/mol. The third-order valence-electron chi connectivity index (χ3n) is 4.38. The maximum atomic E-state index is 12.6. The number of anilines is 1. The van der Waals surface area contributed by atoms with Gasteiger partial charge in [-0.3, -0.25) is 5.32 Å². The molecule has 11 heteroatoms. The number of amides is 1. The molecule has 1 fully saturated rings.